The zero-order valence-corrected chi connectivity index (χ0v) is 19.9. The average molecular weight is 485 g/mol. The van der Waals surface area contributed by atoms with Crippen LogP contribution in [0.25, 0.3) is 11.3 Å². The second-order valence-electron chi connectivity index (χ2n) is 8.96. The number of aromatic nitrogens is 2. The van der Waals surface area contributed by atoms with E-state index in [4.69, 9.17) is 4.74 Å². The molecule has 1 aromatic heterocycles. The molecule has 1 aliphatic rings. The van der Waals surface area contributed by atoms with E-state index < -0.39 is 12.1 Å². The minimum atomic E-state index is -4.06. The molecule has 5 nitrogen and oxygen atoms in total. The minimum Gasteiger partial charge on any atom is -0.497 e. The summed E-state index contributed by atoms with van der Waals surface area (Å²) in [7, 11) is 1.64. The van der Waals surface area contributed by atoms with Crippen LogP contribution in [0.3, 0.4) is 0 Å². The van der Waals surface area contributed by atoms with E-state index in [1.807, 2.05) is 60.7 Å². The second kappa shape index (κ2) is 11.5. The summed E-state index contributed by atoms with van der Waals surface area (Å²) in [6, 6.07) is 19.9. The molecule has 1 saturated heterocycles. The maximum Gasteiger partial charge on any atom is 0.391 e. The fourth-order valence-corrected chi connectivity index (χ4v) is 4.32. The molecule has 0 atom stereocenters. The lowest BCUT2D eigenvalue weighted by atomic mass is 9.96. The van der Waals surface area contributed by atoms with E-state index in [0.29, 0.717) is 19.6 Å². The maximum atomic E-state index is 12.8. The van der Waals surface area contributed by atoms with Gasteiger partial charge in [0.15, 0.2) is 0 Å². The predicted molar refractivity (Wildman–Crippen MR) is 131 cm³/mol. The summed E-state index contributed by atoms with van der Waals surface area (Å²) in [5.41, 5.74) is 4.94. The van der Waals surface area contributed by atoms with Crippen molar-refractivity contribution in [2.45, 2.75) is 38.4 Å². The van der Waals surface area contributed by atoms with Crippen molar-refractivity contribution in [1.29, 1.82) is 0 Å². The molecule has 0 unspecified atom stereocenters. The molecule has 35 heavy (non-hydrogen) atoms. The largest absolute Gasteiger partial charge is 0.497 e. The summed E-state index contributed by atoms with van der Waals surface area (Å²) in [5.74, 6) is -0.340. The molecule has 1 aliphatic heterocycles. The number of aryl methyl sites for hydroxylation is 1. The molecule has 0 amide bonds. The van der Waals surface area contributed by atoms with Crippen molar-refractivity contribution < 1.29 is 17.9 Å². The SMILES string of the molecule is COc1ccc(-c2ccc(CCCNc3ccc(CN4CCC(C(F)(F)F)CC4)cc3)nn2)cc1. The van der Waals surface area contributed by atoms with Crippen LogP contribution >= 0.6 is 0 Å². The Morgan fingerprint density at radius 3 is 2.26 bits per heavy atom. The van der Waals surface area contributed by atoms with E-state index in [2.05, 4.69) is 20.4 Å². The van der Waals surface area contributed by atoms with E-state index in [1.54, 1.807) is 7.11 Å². The van der Waals surface area contributed by atoms with E-state index in [9.17, 15) is 13.2 Å². The van der Waals surface area contributed by atoms with Crippen molar-refractivity contribution >= 4 is 5.69 Å². The molecule has 2 aromatic carbocycles. The lowest BCUT2D eigenvalue weighted by molar-refractivity contribution is -0.185. The molecule has 2 heterocycles. The first-order valence-corrected chi connectivity index (χ1v) is 12.0. The zero-order chi connectivity index (χ0) is 24.7. The number of piperidine rings is 1. The van der Waals surface area contributed by atoms with Gasteiger partial charge in [-0.3, -0.25) is 4.90 Å². The number of likely N-dealkylation sites (tertiary alicyclic amines) is 1. The number of methoxy groups -OCH3 is 1. The molecular formula is C27H31F3N4O. The molecule has 8 heteroatoms. The van der Waals surface area contributed by atoms with Gasteiger partial charge in [-0.1, -0.05) is 12.1 Å². The number of nitrogens with zero attached hydrogens (tertiary/aromatic N) is 3. The first kappa shape index (κ1) is 25.0. The summed E-state index contributed by atoms with van der Waals surface area (Å²) in [5, 5.41) is 12.1. The van der Waals surface area contributed by atoms with E-state index in [0.717, 1.165) is 53.3 Å². The fourth-order valence-electron chi connectivity index (χ4n) is 4.32. The second-order valence-corrected chi connectivity index (χ2v) is 8.96. The lowest BCUT2D eigenvalue weighted by Gasteiger charge is -2.32. The highest BCUT2D eigenvalue weighted by molar-refractivity contribution is 5.59. The van der Waals surface area contributed by atoms with Gasteiger partial charge in [0.05, 0.1) is 24.4 Å². The average Bonchev–Trinajstić information content (AvgIpc) is 2.88. The van der Waals surface area contributed by atoms with Gasteiger partial charge < -0.3 is 10.1 Å². The van der Waals surface area contributed by atoms with Crippen LogP contribution in [0.2, 0.25) is 0 Å². The zero-order valence-electron chi connectivity index (χ0n) is 19.9. The number of ether oxygens (including phenoxy) is 1. The summed E-state index contributed by atoms with van der Waals surface area (Å²) >= 11 is 0. The number of hydrogen-bond acceptors (Lipinski definition) is 5. The van der Waals surface area contributed by atoms with Crippen LogP contribution in [0.15, 0.2) is 60.7 Å². The Morgan fingerprint density at radius 1 is 0.943 bits per heavy atom. The predicted octanol–water partition coefficient (Wildman–Crippen LogP) is 5.97. The highest BCUT2D eigenvalue weighted by Gasteiger charge is 2.40. The monoisotopic (exact) mass is 484 g/mol. The standard InChI is InChI=1S/C27H31F3N4O/c1-35-25-11-6-21(7-12-25)26-13-10-24(32-33-26)3-2-16-31-23-8-4-20(5-9-23)19-34-17-14-22(15-18-34)27(28,29)30/h4-13,22,31H,2-3,14-19H2,1H3. The molecule has 1 fully saturated rings. The Bertz CT molecular complexity index is 1050. The third-order valence-corrected chi connectivity index (χ3v) is 6.45. The molecule has 0 spiro atoms. The van der Waals surface area contributed by atoms with Crippen molar-refractivity contribution in [1.82, 2.24) is 15.1 Å². The number of nitrogens with one attached hydrogen (secondary N) is 1. The molecule has 3 aromatic rings. The molecule has 0 aliphatic carbocycles. The normalized spacial score (nSPS) is 15.2. The molecular weight excluding hydrogens is 453 g/mol. The van der Waals surface area contributed by atoms with Crippen molar-refractivity contribution in [2.75, 3.05) is 32.1 Å². The fraction of sp³-hybridized carbons (Fsp3) is 0.407. The third kappa shape index (κ3) is 7.18. The number of alkyl halides is 3. The van der Waals surface area contributed by atoms with Gasteiger partial charge in [-0.15, -0.1) is 0 Å². The minimum absolute atomic E-state index is 0.192. The van der Waals surface area contributed by atoms with E-state index in [-0.39, 0.29) is 12.8 Å². The third-order valence-electron chi connectivity index (χ3n) is 6.45. The highest BCUT2D eigenvalue weighted by Crippen LogP contribution is 2.34. The van der Waals surface area contributed by atoms with Crippen molar-refractivity contribution in [3.8, 4) is 17.0 Å². The van der Waals surface area contributed by atoms with Crippen molar-refractivity contribution in [2.24, 2.45) is 5.92 Å². The number of hydrogen-bond donors (Lipinski definition) is 1. The quantitative estimate of drug-likeness (QED) is 0.379. The van der Waals surface area contributed by atoms with Crippen LogP contribution in [0.1, 0.15) is 30.5 Å². The van der Waals surface area contributed by atoms with Gasteiger partial charge in [-0.2, -0.15) is 23.4 Å². The summed E-state index contributed by atoms with van der Waals surface area (Å²) in [6.45, 7) is 2.49. The van der Waals surface area contributed by atoms with Gasteiger partial charge in [-0.25, -0.2) is 0 Å². The van der Waals surface area contributed by atoms with Crippen LogP contribution in [0, 0.1) is 5.92 Å². The summed E-state index contributed by atoms with van der Waals surface area (Å²) in [6.07, 6.45) is -1.93. The Morgan fingerprint density at radius 2 is 1.66 bits per heavy atom. The molecule has 0 bridgehead atoms. The van der Waals surface area contributed by atoms with Crippen LogP contribution in [-0.4, -0.2) is 48.0 Å². The Balaban J connectivity index is 1.17. The lowest BCUT2D eigenvalue weighted by Crippen LogP contribution is -2.38. The van der Waals surface area contributed by atoms with Gasteiger partial charge in [0, 0.05) is 24.3 Å². The van der Waals surface area contributed by atoms with Gasteiger partial charge in [0.25, 0.3) is 0 Å². The highest BCUT2D eigenvalue weighted by atomic mass is 19.4. The number of rotatable bonds is 9. The van der Waals surface area contributed by atoms with Crippen LogP contribution < -0.4 is 10.1 Å². The number of anilines is 1. The Labute approximate surface area is 204 Å². The van der Waals surface area contributed by atoms with Gasteiger partial charge in [0.2, 0.25) is 0 Å². The first-order chi connectivity index (χ1) is 16.9. The van der Waals surface area contributed by atoms with Gasteiger partial charge in [0.1, 0.15) is 5.75 Å². The van der Waals surface area contributed by atoms with Crippen molar-refractivity contribution in [3.05, 3.63) is 71.9 Å². The topological polar surface area (TPSA) is 50.3 Å². The van der Waals surface area contributed by atoms with Crippen LogP contribution in [0.4, 0.5) is 18.9 Å². The molecule has 186 valence electrons. The number of benzene rings is 2. The smallest absolute Gasteiger partial charge is 0.391 e. The summed E-state index contributed by atoms with van der Waals surface area (Å²) < 4.78 is 43.7. The first-order valence-electron chi connectivity index (χ1n) is 12.0. The number of halogens is 3. The van der Waals surface area contributed by atoms with Crippen molar-refractivity contribution in [3.63, 3.8) is 0 Å². The van der Waals surface area contributed by atoms with Crippen LogP contribution in [-0.2, 0) is 13.0 Å². The van der Waals surface area contributed by atoms with Gasteiger partial charge in [-0.05, 0) is 92.9 Å². The van der Waals surface area contributed by atoms with Gasteiger partial charge >= 0.3 is 6.18 Å². The summed E-state index contributed by atoms with van der Waals surface area (Å²) in [4.78, 5) is 2.10. The Hall–Kier alpha value is -3.13. The molecule has 0 saturated carbocycles. The molecule has 1 N–H and O–H groups in total. The maximum absolute atomic E-state index is 12.8. The van der Waals surface area contributed by atoms with E-state index in [1.165, 1.54) is 0 Å². The Kier molecular flexibility index (Phi) is 8.23. The molecule has 4 rings (SSSR count). The molecule has 0 radical (unpaired) electrons. The van der Waals surface area contributed by atoms with Crippen LogP contribution in [0.5, 0.6) is 5.75 Å². The van der Waals surface area contributed by atoms with E-state index >= 15 is 0 Å².